The number of piperidine rings is 1. The number of β-amino-alcohol motifs (C(OH)–C–C–N with tert-alkyl or cyclic N) is 1. The summed E-state index contributed by atoms with van der Waals surface area (Å²) in [7, 11) is 0. The van der Waals surface area contributed by atoms with Gasteiger partial charge in [0.1, 0.15) is 16.8 Å². The minimum absolute atomic E-state index is 0.0882. The summed E-state index contributed by atoms with van der Waals surface area (Å²) in [6.45, 7) is 4.37. The lowest BCUT2D eigenvalue weighted by atomic mass is 9.87. The number of halogens is 4. The van der Waals surface area contributed by atoms with Crippen LogP contribution in [-0.4, -0.2) is 62.9 Å². The Bertz CT molecular complexity index is 1730. The fraction of sp³-hybridized carbons (Fsp3) is 0.406. The van der Waals surface area contributed by atoms with Gasteiger partial charge in [-0.15, -0.1) is 11.3 Å². The van der Waals surface area contributed by atoms with E-state index < -0.39 is 17.8 Å². The van der Waals surface area contributed by atoms with Crippen LogP contribution in [0, 0.1) is 17.1 Å². The maximum absolute atomic E-state index is 13.8. The number of fused-ring (bicyclic) bond motifs is 2. The lowest BCUT2D eigenvalue weighted by Crippen LogP contribution is -2.40. The number of thiophene rings is 1. The minimum Gasteiger partial charge on any atom is -0.390 e. The Morgan fingerprint density at radius 3 is 2.52 bits per heavy atom. The van der Waals surface area contributed by atoms with E-state index in [2.05, 4.69) is 11.0 Å². The molecule has 1 unspecified atom stereocenters. The number of carbonyl (C=O) groups is 1. The number of hydrogen-bond donors (Lipinski definition) is 1. The zero-order valence-corrected chi connectivity index (χ0v) is 24.9. The van der Waals surface area contributed by atoms with Crippen molar-refractivity contribution in [3.8, 4) is 17.3 Å². The first-order valence-electron chi connectivity index (χ1n) is 14.6. The second kappa shape index (κ2) is 12.0. The fourth-order valence-corrected chi connectivity index (χ4v) is 7.61. The number of benzene rings is 2. The van der Waals surface area contributed by atoms with E-state index in [4.69, 9.17) is 5.10 Å². The van der Waals surface area contributed by atoms with Crippen molar-refractivity contribution < 1.29 is 27.5 Å². The molecule has 44 heavy (non-hydrogen) atoms. The van der Waals surface area contributed by atoms with Gasteiger partial charge in [0.15, 0.2) is 0 Å². The monoisotopic (exact) mass is 625 g/mol. The Hall–Kier alpha value is -3.79. The predicted octanol–water partition coefficient (Wildman–Crippen LogP) is 5.94. The van der Waals surface area contributed by atoms with E-state index in [1.807, 2.05) is 0 Å². The molecule has 1 N–H and O–H groups in total. The fourth-order valence-electron chi connectivity index (χ4n) is 6.50. The number of aliphatic hydroxyl groups excluding tert-OH is 1. The van der Waals surface area contributed by atoms with Crippen LogP contribution in [0.15, 0.2) is 42.5 Å². The van der Waals surface area contributed by atoms with Crippen LogP contribution >= 0.6 is 11.3 Å². The van der Waals surface area contributed by atoms with Crippen molar-refractivity contribution in [2.24, 2.45) is 0 Å². The summed E-state index contributed by atoms with van der Waals surface area (Å²) >= 11 is 1.32. The van der Waals surface area contributed by atoms with Crippen molar-refractivity contribution in [1.29, 1.82) is 5.26 Å². The normalized spacial score (nSPS) is 17.1. The summed E-state index contributed by atoms with van der Waals surface area (Å²) in [5, 5.41) is 26.5. The zero-order valence-electron chi connectivity index (χ0n) is 24.1. The first kappa shape index (κ1) is 30.2. The van der Waals surface area contributed by atoms with Crippen molar-refractivity contribution >= 4 is 27.3 Å². The lowest BCUT2D eigenvalue weighted by molar-refractivity contribution is -0.137. The predicted molar refractivity (Wildman–Crippen MR) is 158 cm³/mol. The van der Waals surface area contributed by atoms with Crippen molar-refractivity contribution in [3.63, 3.8) is 0 Å². The molecule has 1 atom stereocenters. The smallest absolute Gasteiger partial charge is 0.390 e. The summed E-state index contributed by atoms with van der Waals surface area (Å²) in [6, 6.07) is 11.8. The maximum atomic E-state index is 13.8. The molecular weight excluding hydrogens is 594 g/mol. The Labute approximate surface area is 255 Å². The molecular formula is C32H31F4N5O2S. The summed E-state index contributed by atoms with van der Waals surface area (Å²) in [5.74, 6) is -0.236. The number of nitriles is 1. The number of rotatable bonds is 6. The van der Waals surface area contributed by atoms with Crippen LogP contribution in [0.25, 0.3) is 21.3 Å². The van der Waals surface area contributed by atoms with Gasteiger partial charge in [-0.3, -0.25) is 9.48 Å². The first-order valence-corrected chi connectivity index (χ1v) is 15.4. The zero-order chi connectivity index (χ0) is 31.2. The van der Waals surface area contributed by atoms with Crippen LogP contribution < -0.4 is 0 Å². The molecule has 0 saturated carbocycles. The average molecular weight is 626 g/mol. The summed E-state index contributed by atoms with van der Waals surface area (Å²) in [4.78, 5) is 16.6. The van der Waals surface area contributed by atoms with Gasteiger partial charge in [-0.1, -0.05) is 18.2 Å². The number of hydrogen-bond acceptors (Lipinski definition) is 6. The number of carbonyl (C=O) groups excluding carboxylic acids is 1. The van der Waals surface area contributed by atoms with E-state index in [-0.39, 0.29) is 24.2 Å². The molecule has 1 saturated heterocycles. The van der Waals surface area contributed by atoms with Crippen molar-refractivity contribution in [3.05, 3.63) is 75.5 Å². The van der Waals surface area contributed by atoms with Gasteiger partial charge in [0.25, 0.3) is 0 Å². The molecule has 2 aliphatic heterocycles. The van der Waals surface area contributed by atoms with Gasteiger partial charge >= 0.3 is 6.18 Å². The highest BCUT2D eigenvalue weighted by atomic mass is 32.1. The van der Waals surface area contributed by atoms with Crippen LogP contribution in [0.1, 0.15) is 52.9 Å². The van der Waals surface area contributed by atoms with Gasteiger partial charge < -0.3 is 14.9 Å². The number of alkyl halides is 3. The van der Waals surface area contributed by atoms with Gasteiger partial charge in [-0.05, 0) is 67.1 Å². The van der Waals surface area contributed by atoms with Crippen molar-refractivity contribution in [2.75, 3.05) is 26.2 Å². The molecule has 1 amide bonds. The molecule has 6 rings (SSSR count). The number of aromatic nitrogens is 2. The van der Waals surface area contributed by atoms with E-state index in [0.29, 0.717) is 42.2 Å². The molecule has 0 aliphatic carbocycles. The van der Waals surface area contributed by atoms with Gasteiger partial charge in [0.05, 0.1) is 23.9 Å². The van der Waals surface area contributed by atoms with Crippen LogP contribution in [0.4, 0.5) is 17.6 Å². The highest BCUT2D eigenvalue weighted by molar-refractivity contribution is 7.19. The first-order chi connectivity index (χ1) is 21.0. The third-order valence-electron chi connectivity index (χ3n) is 8.71. The second-order valence-corrected chi connectivity index (χ2v) is 12.6. The van der Waals surface area contributed by atoms with Gasteiger partial charge in [-0.25, -0.2) is 4.39 Å². The number of likely N-dealkylation sites (tertiary alicyclic amines) is 1. The summed E-state index contributed by atoms with van der Waals surface area (Å²) < 4.78 is 55.8. The van der Waals surface area contributed by atoms with Gasteiger partial charge in [0.2, 0.25) is 5.91 Å². The van der Waals surface area contributed by atoms with Gasteiger partial charge in [-0.2, -0.15) is 23.5 Å². The second-order valence-electron chi connectivity index (χ2n) is 11.5. The molecule has 230 valence electrons. The minimum atomic E-state index is -4.45. The van der Waals surface area contributed by atoms with Gasteiger partial charge in [0, 0.05) is 54.5 Å². The van der Waals surface area contributed by atoms with Crippen LogP contribution in [0.2, 0.25) is 0 Å². The Balaban J connectivity index is 1.16. The molecule has 4 aromatic rings. The molecule has 0 bridgehead atoms. The molecule has 12 heteroatoms. The third kappa shape index (κ3) is 5.96. The molecule has 7 nitrogen and oxygen atoms in total. The van der Waals surface area contributed by atoms with Crippen molar-refractivity contribution in [1.82, 2.24) is 19.6 Å². The summed E-state index contributed by atoms with van der Waals surface area (Å²) in [6.07, 6.45) is -3.06. The highest BCUT2D eigenvalue weighted by Crippen LogP contribution is 2.41. The number of amides is 1. The largest absolute Gasteiger partial charge is 0.416 e. The standard InChI is InChI=1S/C32H31F4N5O2S/c1-19(42)40-13-10-27-26(18-40)31(21-2-4-22(5-3-21)32(34,35)36)38-41(27)17-24(43)16-39-11-8-20(9-12-39)30-25-7-6-23(33)14-28(25)44-29(30)15-37/h2-7,14,20,24,43H,8-13,16-18H2,1H3. The van der Waals surface area contributed by atoms with E-state index >= 15 is 0 Å². The van der Waals surface area contributed by atoms with Crippen LogP contribution in [-0.2, 0) is 30.5 Å². The van der Waals surface area contributed by atoms with Crippen LogP contribution in [0.3, 0.4) is 0 Å². The summed E-state index contributed by atoms with van der Waals surface area (Å²) in [5.41, 5.74) is 2.95. The molecule has 0 spiro atoms. The molecule has 2 aromatic carbocycles. The number of nitrogens with zero attached hydrogens (tertiary/aromatic N) is 5. The molecule has 2 aromatic heterocycles. The average Bonchev–Trinajstić information content (AvgIpc) is 3.54. The molecule has 1 fully saturated rings. The van der Waals surface area contributed by atoms with E-state index in [1.54, 1.807) is 15.6 Å². The molecule has 2 aliphatic rings. The van der Waals surface area contributed by atoms with Crippen LogP contribution in [0.5, 0.6) is 0 Å². The Morgan fingerprint density at radius 2 is 1.86 bits per heavy atom. The van der Waals surface area contributed by atoms with E-state index in [1.165, 1.54) is 42.5 Å². The lowest BCUT2D eigenvalue weighted by Gasteiger charge is -2.33. The third-order valence-corrected chi connectivity index (χ3v) is 9.78. The van der Waals surface area contributed by atoms with Crippen molar-refractivity contribution in [2.45, 2.75) is 57.5 Å². The van der Waals surface area contributed by atoms with E-state index in [9.17, 15) is 32.7 Å². The quantitative estimate of drug-likeness (QED) is 0.268. The Kier molecular flexibility index (Phi) is 8.22. The Morgan fingerprint density at radius 1 is 1.14 bits per heavy atom. The number of aliphatic hydroxyl groups is 1. The maximum Gasteiger partial charge on any atom is 0.416 e. The SMILES string of the molecule is CC(=O)N1CCc2c(c(-c3ccc(C(F)(F)F)cc3)nn2CC(O)CN2CCC(c3c(C#N)sc4cc(F)ccc34)CC2)C1. The highest BCUT2D eigenvalue weighted by Gasteiger charge is 2.32. The molecule has 0 radical (unpaired) electrons. The van der Waals surface area contributed by atoms with E-state index in [0.717, 1.165) is 65.0 Å². The molecule has 4 heterocycles. The topological polar surface area (TPSA) is 85.4 Å².